The number of anilines is 1. The summed E-state index contributed by atoms with van der Waals surface area (Å²) in [6, 6.07) is 0.504. The molecule has 1 N–H and O–H groups in total. The van der Waals surface area contributed by atoms with Crippen LogP contribution in [0.5, 0.6) is 0 Å². The fraction of sp³-hybridized carbons (Fsp3) is 0.615. The Morgan fingerprint density at radius 2 is 2.00 bits per heavy atom. The van der Waals surface area contributed by atoms with Gasteiger partial charge in [-0.05, 0) is 46.8 Å². The van der Waals surface area contributed by atoms with Crippen molar-refractivity contribution >= 4 is 11.6 Å². The standard InChI is InChI=1S/C13H20N6/c1-9-10(2)16-13-14-8-15-19(13)12(9)17-11-4-6-18(3)7-5-11/h8,11,17H,4-7H2,1-3H3. The second-order valence-electron chi connectivity index (χ2n) is 5.36. The van der Waals surface area contributed by atoms with Crippen LogP contribution in [0.4, 0.5) is 5.82 Å². The number of likely N-dealkylation sites (tertiary alicyclic amines) is 1. The number of fused-ring (bicyclic) bond motifs is 1. The topological polar surface area (TPSA) is 58.4 Å². The lowest BCUT2D eigenvalue weighted by atomic mass is 10.1. The maximum atomic E-state index is 4.44. The summed E-state index contributed by atoms with van der Waals surface area (Å²) in [4.78, 5) is 11.0. The predicted octanol–water partition coefficient (Wildman–Crippen LogP) is 1.25. The van der Waals surface area contributed by atoms with Crippen LogP contribution in [-0.4, -0.2) is 50.7 Å². The van der Waals surface area contributed by atoms with Gasteiger partial charge < -0.3 is 10.2 Å². The maximum absolute atomic E-state index is 4.44. The molecule has 0 spiro atoms. The van der Waals surface area contributed by atoms with Crippen molar-refractivity contribution in [2.75, 3.05) is 25.5 Å². The maximum Gasteiger partial charge on any atom is 0.254 e. The van der Waals surface area contributed by atoms with E-state index >= 15 is 0 Å². The zero-order valence-electron chi connectivity index (χ0n) is 11.7. The number of rotatable bonds is 2. The van der Waals surface area contributed by atoms with Crippen LogP contribution in [0.25, 0.3) is 5.78 Å². The van der Waals surface area contributed by atoms with E-state index in [1.807, 2.05) is 6.92 Å². The molecule has 1 aliphatic rings. The molecule has 6 heteroatoms. The van der Waals surface area contributed by atoms with Crippen LogP contribution in [0.15, 0.2) is 6.33 Å². The van der Waals surface area contributed by atoms with Gasteiger partial charge in [0.15, 0.2) is 0 Å². The Balaban J connectivity index is 1.91. The zero-order valence-corrected chi connectivity index (χ0v) is 11.7. The molecule has 0 aromatic carbocycles. The van der Waals surface area contributed by atoms with E-state index < -0.39 is 0 Å². The van der Waals surface area contributed by atoms with E-state index in [4.69, 9.17) is 0 Å². The fourth-order valence-corrected chi connectivity index (χ4v) is 2.55. The Morgan fingerprint density at radius 1 is 1.26 bits per heavy atom. The lowest BCUT2D eigenvalue weighted by Crippen LogP contribution is -2.37. The number of aromatic nitrogens is 4. The van der Waals surface area contributed by atoms with Crippen molar-refractivity contribution in [2.45, 2.75) is 32.7 Å². The van der Waals surface area contributed by atoms with E-state index in [-0.39, 0.29) is 0 Å². The molecule has 3 rings (SSSR count). The summed E-state index contributed by atoms with van der Waals surface area (Å²) in [6.07, 6.45) is 3.88. The van der Waals surface area contributed by atoms with E-state index in [1.54, 1.807) is 10.8 Å². The highest BCUT2D eigenvalue weighted by molar-refractivity contribution is 5.52. The highest BCUT2D eigenvalue weighted by Gasteiger charge is 2.19. The summed E-state index contributed by atoms with van der Waals surface area (Å²) in [5, 5.41) is 7.90. The van der Waals surface area contributed by atoms with Gasteiger partial charge in [0.2, 0.25) is 0 Å². The van der Waals surface area contributed by atoms with Gasteiger partial charge in [0.1, 0.15) is 12.1 Å². The van der Waals surface area contributed by atoms with Gasteiger partial charge in [0.05, 0.1) is 0 Å². The number of nitrogens with zero attached hydrogens (tertiary/aromatic N) is 5. The lowest BCUT2D eigenvalue weighted by Gasteiger charge is -2.30. The third kappa shape index (κ3) is 2.28. The molecule has 3 heterocycles. The van der Waals surface area contributed by atoms with Gasteiger partial charge >= 0.3 is 0 Å². The Labute approximate surface area is 112 Å². The first-order valence-corrected chi connectivity index (χ1v) is 6.77. The predicted molar refractivity (Wildman–Crippen MR) is 74.4 cm³/mol. The van der Waals surface area contributed by atoms with Gasteiger partial charge in [-0.1, -0.05) is 0 Å². The summed E-state index contributed by atoms with van der Waals surface area (Å²) in [5.41, 5.74) is 2.16. The summed E-state index contributed by atoms with van der Waals surface area (Å²) >= 11 is 0. The average Bonchev–Trinajstić information content (AvgIpc) is 2.85. The van der Waals surface area contributed by atoms with Crippen molar-refractivity contribution < 1.29 is 0 Å². The second-order valence-corrected chi connectivity index (χ2v) is 5.36. The Morgan fingerprint density at radius 3 is 2.74 bits per heavy atom. The van der Waals surface area contributed by atoms with Crippen LogP contribution in [0.1, 0.15) is 24.1 Å². The third-order valence-corrected chi connectivity index (χ3v) is 3.97. The van der Waals surface area contributed by atoms with E-state index in [0.29, 0.717) is 11.8 Å². The summed E-state index contributed by atoms with van der Waals surface area (Å²) < 4.78 is 1.81. The monoisotopic (exact) mass is 260 g/mol. The molecule has 0 atom stereocenters. The van der Waals surface area contributed by atoms with Gasteiger partial charge in [-0.15, -0.1) is 0 Å². The Kier molecular flexibility index (Phi) is 3.10. The SMILES string of the molecule is Cc1nc2ncnn2c(NC2CCN(C)CC2)c1C. The second kappa shape index (κ2) is 4.77. The minimum absolute atomic E-state index is 0.504. The van der Waals surface area contributed by atoms with Gasteiger partial charge in [-0.25, -0.2) is 4.98 Å². The Bertz CT molecular complexity index is 582. The molecule has 0 bridgehead atoms. The Hall–Kier alpha value is -1.69. The molecule has 0 amide bonds. The van der Waals surface area contributed by atoms with Crippen LogP contribution in [0.2, 0.25) is 0 Å². The van der Waals surface area contributed by atoms with Crippen LogP contribution in [0.3, 0.4) is 0 Å². The van der Waals surface area contributed by atoms with Gasteiger partial charge in [0, 0.05) is 17.3 Å². The number of hydrogen-bond acceptors (Lipinski definition) is 5. The van der Waals surface area contributed by atoms with Crippen molar-refractivity contribution in [3.05, 3.63) is 17.6 Å². The fourth-order valence-electron chi connectivity index (χ4n) is 2.55. The first kappa shape index (κ1) is 12.3. The molecule has 2 aromatic rings. The molecule has 1 aliphatic heterocycles. The molecule has 102 valence electrons. The van der Waals surface area contributed by atoms with Gasteiger partial charge in [0.25, 0.3) is 5.78 Å². The van der Waals surface area contributed by atoms with Gasteiger partial charge in [-0.3, -0.25) is 0 Å². The third-order valence-electron chi connectivity index (χ3n) is 3.97. The smallest absolute Gasteiger partial charge is 0.254 e. The minimum Gasteiger partial charge on any atom is -0.367 e. The molecule has 0 radical (unpaired) electrons. The quantitative estimate of drug-likeness (QED) is 0.880. The number of nitrogens with one attached hydrogen (secondary N) is 1. The van der Waals surface area contributed by atoms with Crippen LogP contribution >= 0.6 is 0 Å². The van der Waals surface area contributed by atoms with Crippen LogP contribution < -0.4 is 5.32 Å². The van der Waals surface area contributed by atoms with Crippen molar-refractivity contribution in [3.63, 3.8) is 0 Å². The molecule has 0 unspecified atom stereocenters. The van der Waals surface area contributed by atoms with E-state index in [1.165, 1.54) is 0 Å². The molecule has 0 saturated carbocycles. The molecule has 19 heavy (non-hydrogen) atoms. The summed E-state index contributed by atoms with van der Waals surface area (Å²) in [7, 11) is 2.17. The van der Waals surface area contributed by atoms with Crippen molar-refractivity contribution in [1.82, 2.24) is 24.5 Å². The highest BCUT2D eigenvalue weighted by Crippen LogP contribution is 2.21. The molecule has 2 aromatic heterocycles. The largest absolute Gasteiger partial charge is 0.367 e. The zero-order chi connectivity index (χ0) is 13.4. The highest BCUT2D eigenvalue weighted by atomic mass is 15.4. The lowest BCUT2D eigenvalue weighted by molar-refractivity contribution is 0.263. The van der Waals surface area contributed by atoms with Crippen molar-refractivity contribution in [1.29, 1.82) is 0 Å². The van der Waals surface area contributed by atoms with Crippen LogP contribution in [-0.2, 0) is 0 Å². The van der Waals surface area contributed by atoms with E-state index in [9.17, 15) is 0 Å². The van der Waals surface area contributed by atoms with E-state index in [2.05, 4.69) is 39.3 Å². The number of piperidine rings is 1. The summed E-state index contributed by atoms with van der Waals surface area (Å²) in [5.74, 6) is 1.70. The first-order valence-electron chi connectivity index (χ1n) is 6.77. The minimum atomic E-state index is 0.504. The molecular weight excluding hydrogens is 240 g/mol. The normalized spacial score (nSPS) is 18.1. The van der Waals surface area contributed by atoms with Gasteiger partial charge in [-0.2, -0.15) is 14.6 Å². The van der Waals surface area contributed by atoms with Crippen molar-refractivity contribution in [3.8, 4) is 0 Å². The number of hydrogen-bond donors (Lipinski definition) is 1. The first-order chi connectivity index (χ1) is 9.15. The van der Waals surface area contributed by atoms with Crippen LogP contribution in [0, 0.1) is 13.8 Å². The molecular formula is C13H20N6. The summed E-state index contributed by atoms with van der Waals surface area (Å²) in [6.45, 7) is 6.38. The average molecular weight is 260 g/mol. The molecule has 1 saturated heterocycles. The van der Waals surface area contributed by atoms with E-state index in [0.717, 1.165) is 43.0 Å². The molecule has 6 nitrogen and oxygen atoms in total. The van der Waals surface area contributed by atoms with Crippen molar-refractivity contribution in [2.24, 2.45) is 0 Å². The number of aryl methyl sites for hydroxylation is 1. The molecule has 0 aliphatic carbocycles. The molecule has 1 fully saturated rings.